The van der Waals surface area contributed by atoms with E-state index in [-0.39, 0.29) is 6.04 Å². The van der Waals surface area contributed by atoms with Crippen LogP contribution in [-0.2, 0) is 0 Å². The molecule has 1 atom stereocenters. The second-order valence-corrected chi connectivity index (χ2v) is 3.88. The average Bonchev–Trinajstić information content (AvgIpc) is 2.95. The van der Waals surface area contributed by atoms with Crippen LogP contribution >= 0.6 is 0 Å². The van der Waals surface area contributed by atoms with Crippen molar-refractivity contribution in [1.82, 2.24) is 4.90 Å². The highest BCUT2D eigenvalue weighted by atomic mass is 15.2. The molecule has 0 bridgehead atoms. The second kappa shape index (κ2) is 5.24. The molecule has 0 N–H and O–H groups in total. The van der Waals surface area contributed by atoms with Gasteiger partial charge in [0, 0.05) is 6.04 Å². The summed E-state index contributed by atoms with van der Waals surface area (Å²) >= 11 is 0. The third kappa shape index (κ3) is 3.00. The molecule has 0 aromatic carbocycles. The van der Waals surface area contributed by atoms with E-state index in [4.69, 9.17) is 5.26 Å². The molecule has 74 valence electrons. The van der Waals surface area contributed by atoms with Gasteiger partial charge in [-0.1, -0.05) is 20.3 Å². The zero-order valence-corrected chi connectivity index (χ0v) is 8.79. The van der Waals surface area contributed by atoms with Crippen molar-refractivity contribution in [1.29, 1.82) is 5.26 Å². The van der Waals surface area contributed by atoms with Gasteiger partial charge < -0.3 is 0 Å². The first-order valence-electron chi connectivity index (χ1n) is 5.48. The Morgan fingerprint density at radius 2 is 2.15 bits per heavy atom. The fraction of sp³-hybridized carbons (Fsp3) is 0.909. The van der Waals surface area contributed by atoms with Crippen LogP contribution in [0.5, 0.6) is 0 Å². The fourth-order valence-electron chi connectivity index (χ4n) is 1.74. The Hall–Kier alpha value is -0.550. The Labute approximate surface area is 81.5 Å². The summed E-state index contributed by atoms with van der Waals surface area (Å²) in [6, 6.07) is 3.31. The standard InChI is InChI=1S/C11H20N2/c1-3-5-8-13(11-6-7-11)10(4-2)9-12/h10-11H,3-8H2,1-2H3. The lowest BCUT2D eigenvalue weighted by Crippen LogP contribution is -2.36. The van der Waals surface area contributed by atoms with Crippen LogP contribution in [0, 0.1) is 11.3 Å². The molecule has 1 saturated carbocycles. The fourth-order valence-corrected chi connectivity index (χ4v) is 1.74. The lowest BCUT2D eigenvalue weighted by atomic mass is 10.2. The van der Waals surface area contributed by atoms with Gasteiger partial charge in [0.15, 0.2) is 0 Å². The highest BCUT2D eigenvalue weighted by Crippen LogP contribution is 2.29. The van der Waals surface area contributed by atoms with Crippen LogP contribution in [0.15, 0.2) is 0 Å². The molecular weight excluding hydrogens is 160 g/mol. The van der Waals surface area contributed by atoms with E-state index in [2.05, 4.69) is 24.8 Å². The lowest BCUT2D eigenvalue weighted by Gasteiger charge is -2.25. The van der Waals surface area contributed by atoms with Gasteiger partial charge in [-0.15, -0.1) is 0 Å². The monoisotopic (exact) mass is 180 g/mol. The van der Waals surface area contributed by atoms with Gasteiger partial charge in [0.25, 0.3) is 0 Å². The first-order valence-corrected chi connectivity index (χ1v) is 5.48. The van der Waals surface area contributed by atoms with Crippen molar-refractivity contribution in [3.63, 3.8) is 0 Å². The van der Waals surface area contributed by atoms with E-state index >= 15 is 0 Å². The molecule has 0 saturated heterocycles. The molecule has 0 heterocycles. The predicted molar refractivity (Wildman–Crippen MR) is 54.3 cm³/mol. The van der Waals surface area contributed by atoms with Gasteiger partial charge in [0.05, 0.1) is 12.1 Å². The first kappa shape index (κ1) is 10.5. The van der Waals surface area contributed by atoms with E-state index in [9.17, 15) is 0 Å². The Kier molecular flexibility index (Phi) is 4.24. The van der Waals surface area contributed by atoms with Crippen molar-refractivity contribution in [3.05, 3.63) is 0 Å². The molecule has 0 aromatic heterocycles. The minimum atomic E-state index is 0.166. The van der Waals surface area contributed by atoms with E-state index in [0.29, 0.717) is 0 Å². The largest absolute Gasteiger partial charge is 0.285 e. The molecule has 0 aromatic rings. The zero-order chi connectivity index (χ0) is 9.68. The zero-order valence-electron chi connectivity index (χ0n) is 8.79. The quantitative estimate of drug-likeness (QED) is 0.628. The minimum Gasteiger partial charge on any atom is -0.285 e. The van der Waals surface area contributed by atoms with E-state index in [0.717, 1.165) is 19.0 Å². The van der Waals surface area contributed by atoms with Crippen LogP contribution in [0.3, 0.4) is 0 Å². The van der Waals surface area contributed by atoms with Crippen LogP contribution in [0.25, 0.3) is 0 Å². The molecule has 0 aliphatic heterocycles. The highest BCUT2D eigenvalue weighted by molar-refractivity contribution is 4.97. The van der Waals surface area contributed by atoms with E-state index < -0.39 is 0 Å². The Morgan fingerprint density at radius 3 is 2.54 bits per heavy atom. The molecule has 1 aliphatic carbocycles. The summed E-state index contributed by atoms with van der Waals surface area (Å²) in [6.07, 6.45) is 6.04. The molecule has 2 heteroatoms. The van der Waals surface area contributed by atoms with Crippen molar-refractivity contribution < 1.29 is 0 Å². The van der Waals surface area contributed by atoms with E-state index in [1.54, 1.807) is 0 Å². The van der Waals surface area contributed by atoms with Crippen LogP contribution in [0.2, 0.25) is 0 Å². The van der Waals surface area contributed by atoms with Gasteiger partial charge in [0.2, 0.25) is 0 Å². The molecule has 1 fully saturated rings. The predicted octanol–water partition coefficient (Wildman–Crippen LogP) is 2.55. The molecule has 0 amide bonds. The van der Waals surface area contributed by atoms with Crippen molar-refractivity contribution >= 4 is 0 Å². The lowest BCUT2D eigenvalue weighted by molar-refractivity contribution is 0.215. The summed E-state index contributed by atoms with van der Waals surface area (Å²) in [5.41, 5.74) is 0. The van der Waals surface area contributed by atoms with Gasteiger partial charge in [-0.3, -0.25) is 4.90 Å². The highest BCUT2D eigenvalue weighted by Gasteiger charge is 2.32. The Morgan fingerprint density at radius 1 is 1.46 bits per heavy atom. The van der Waals surface area contributed by atoms with Crippen molar-refractivity contribution in [2.45, 2.75) is 58.0 Å². The first-order chi connectivity index (χ1) is 6.33. The maximum absolute atomic E-state index is 8.98. The topological polar surface area (TPSA) is 27.0 Å². The third-order valence-electron chi connectivity index (χ3n) is 2.72. The summed E-state index contributed by atoms with van der Waals surface area (Å²) in [6.45, 7) is 5.43. The average molecular weight is 180 g/mol. The number of hydrogen-bond donors (Lipinski definition) is 0. The number of hydrogen-bond acceptors (Lipinski definition) is 2. The van der Waals surface area contributed by atoms with E-state index in [1.165, 1.54) is 25.7 Å². The van der Waals surface area contributed by atoms with Gasteiger partial charge in [-0.2, -0.15) is 5.26 Å². The molecule has 1 rings (SSSR count). The van der Waals surface area contributed by atoms with Gasteiger partial charge >= 0.3 is 0 Å². The number of unbranched alkanes of at least 4 members (excludes halogenated alkanes) is 1. The molecule has 0 radical (unpaired) electrons. The number of nitrogens with zero attached hydrogens (tertiary/aromatic N) is 2. The van der Waals surface area contributed by atoms with Gasteiger partial charge in [-0.25, -0.2) is 0 Å². The molecule has 2 nitrogen and oxygen atoms in total. The normalized spacial score (nSPS) is 18.6. The summed E-state index contributed by atoms with van der Waals surface area (Å²) in [5.74, 6) is 0. The summed E-state index contributed by atoms with van der Waals surface area (Å²) < 4.78 is 0. The van der Waals surface area contributed by atoms with Crippen molar-refractivity contribution in [3.8, 4) is 6.07 Å². The van der Waals surface area contributed by atoms with Crippen LogP contribution in [0.4, 0.5) is 0 Å². The Bertz CT molecular complexity index is 179. The van der Waals surface area contributed by atoms with Gasteiger partial charge in [0.1, 0.15) is 0 Å². The number of rotatable bonds is 6. The summed E-state index contributed by atoms with van der Waals surface area (Å²) in [4.78, 5) is 2.41. The molecule has 1 aliphatic rings. The van der Waals surface area contributed by atoms with Crippen molar-refractivity contribution in [2.75, 3.05) is 6.54 Å². The molecule has 13 heavy (non-hydrogen) atoms. The van der Waals surface area contributed by atoms with Gasteiger partial charge in [-0.05, 0) is 32.2 Å². The maximum Gasteiger partial charge on any atom is 0.0977 e. The smallest absolute Gasteiger partial charge is 0.0977 e. The van der Waals surface area contributed by atoms with Crippen LogP contribution in [-0.4, -0.2) is 23.5 Å². The van der Waals surface area contributed by atoms with Crippen molar-refractivity contribution in [2.24, 2.45) is 0 Å². The molecular formula is C11H20N2. The minimum absolute atomic E-state index is 0.166. The SMILES string of the molecule is CCCCN(C(C#N)CC)C1CC1. The molecule has 1 unspecified atom stereocenters. The third-order valence-corrected chi connectivity index (χ3v) is 2.72. The molecule has 0 spiro atoms. The maximum atomic E-state index is 8.98. The second-order valence-electron chi connectivity index (χ2n) is 3.88. The number of nitriles is 1. The summed E-state index contributed by atoms with van der Waals surface area (Å²) in [5, 5.41) is 8.98. The van der Waals surface area contributed by atoms with E-state index in [1.807, 2.05) is 0 Å². The van der Waals surface area contributed by atoms with Crippen LogP contribution in [0.1, 0.15) is 46.0 Å². The summed E-state index contributed by atoms with van der Waals surface area (Å²) in [7, 11) is 0. The van der Waals surface area contributed by atoms with Crippen LogP contribution < -0.4 is 0 Å². The Balaban J connectivity index is 2.40.